The summed E-state index contributed by atoms with van der Waals surface area (Å²) < 4.78 is 22.5. The van der Waals surface area contributed by atoms with E-state index in [0.29, 0.717) is 18.2 Å². The quantitative estimate of drug-likeness (QED) is 0.711. The Bertz CT molecular complexity index is 378. The topological polar surface area (TPSA) is 52.6 Å². The van der Waals surface area contributed by atoms with E-state index in [1.165, 1.54) is 14.2 Å². The molecule has 17 heavy (non-hydrogen) atoms. The molecule has 4 nitrogen and oxygen atoms in total. The zero-order valence-corrected chi connectivity index (χ0v) is 12.0. The van der Waals surface area contributed by atoms with E-state index in [1.807, 2.05) is 20.8 Å². The molecule has 1 aliphatic rings. The summed E-state index contributed by atoms with van der Waals surface area (Å²) in [4.78, 5) is 11.8. The number of hydrogen-bond donors (Lipinski definition) is 0. The van der Waals surface area contributed by atoms with Crippen LogP contribution in [0.2, 0.25) is 0 Å². The van der Waals surface area contributed by atoms with E-state index in [1.54, 1.807) is 0 Å². The molecule has 0 fully saturated rings. The van der Waals surface area contributed by atoms with Crippen LogP contribution in [0.15, 0.2) is 10.9 Å². The van der Waals surface area contributed by atoms with Crippen LogP contribution >= 0.6 is 7.60 Å². The molecular weight excluding hydrogens is 239 g/mol. The molecule has 5 heteroatoms. The van der Waals surface area contributed by atoms with Gasteiger partial charge in [-0.3, -0.25) is 9.36 Å². The zero-order chi connectivity index (χ0) is 13.2. The number of allylic oxidation sites excluding steroid dienone is 2. The van der Waals surface area contributed by atoms with E-state index in [4.69, 9.17) is 9.05 Å². The second-order valence-corrected chi connectivity index (χ2v) is 6.65. The molecule has 0 unspecified atom stereocenters. The summed E-state index contributed by atoms with van der Waals surface area (Å²) in [5, 5.41) is 0.689. The van der Waals surface area contributed by atoms with Gasteiger partial charge in [0.05, 0.1) is 0 Å². The van der Waals surface area contributed by atoms with Gasteiger partial charge in [0, 0.05) is 31.9 Å². The number of carbonyl (C=O) groups is 1. The molecule has 0 saturated carbocycles. The molecule has 0 amide bonds. The second-order valence-electron chi connectivity index (χ2n) is 4.45. The smallest absolute Gasteiger partial charge is 0.309 e. The van der Waals surface area contributed by atoms with Crippen LogP contribution in [0.4, 0.5) is 0 Å². The lowest BCUT2D eigenvalue weighted by Crippen LogP contribution is -2.18. The maximum absolute atomic E-state index is 12.4. The summed E-state index contributed by atoms with van der Waals surface area (Å²) >= 11 is 0. The highest BCUT2D eigenvalue weighted by atomic mass is 31.2. The molecule has 1 aliphatic carbocycles. The fourth-order valence-electron chi connectivity index (χ4n) is 2.60. The molecular formula is C12H21O4P. The van der Waals surface area contributed by atoms with Crippen molar-refractivity contribution in [1.29, 1.82) is 0 Å². The summed E-state index contributed by atoms with van der Waals surface area (Å²) in [7, 11) is -0.439. The number of Topliss-reactive ketones (excluding diaryl/α,β-unsaturated/α-hetero) is 1. The van der Waals surface area contributed by atoms with Crippen molar-refractivity contribution in [1.82, 2.24) is 0 Å². The maximum Gasteiger partial charge on any atom is 0.357 e. The van der Waals surface area contributed by atoms with E-state index in [2.05, 4.69) is 0 Å². The maximum atomic E-state index is 12.4. The molecule has 2 atom stereocenters. The average molecular weight is 260 g/mol. The Labute approximate surface area is 103 Å². The molecule has 0 aliphatic heterocycles. The van der Waals surface area contributed by atoms with Gasteiger partial charge in [-0.25, -0.2) is 0 Å². The van der Waals surface area contributed by atoms with Crippen LogP contribution in [0.3, 0.4) is 0 Å². The minimum absolute atomic E-state index is 0.0619. The Hall–Kier alpha value is -0.440. The van der Waals surface area contributed by atoms with Crippen molar-refractivity contribution in [2.24, 2.45) is 11.8 Å². The Balaban J connectivity index is 3.06. The van der Waals surface area contributed by atoms with Gasteiger partial charge in [0.15, 0.2) is 0 Å². The van der Waals surface area contributed by atoms with Gasteiger partial charge in [-0.15, -0.1) is 0 Å². The highest BCUT2D eigenvalue weighted by Gasteiger charge is 2.43. The molecule has 0 saturated heterocycles. The molecule has 0 spiro atoms. The summed E-state index contributed by atoms with van der Waals surface area (Å²) in [6.07, 6.45) is 1.18. The average Bonchev–Trinajstić information content (AvgIpc) is 2.63. The highest BCUT2D eigenvalue weighted by Crippen LogP contribution is 2.63. The molecule has 0 radical (unpaired) electrons. The standard InChI is InChI=1S/C12H21O4P/c1-6-11(13)10-7-8(2)12(9(10)3)17(14,15-4)16-5/h9-10H,6-7H2,1-5H3/t9-,10+/m0/s1. The van der Waals surface area contributed by atoms with Gasteiger partial charge in [-0.05, 0) is 19.3 Å². The summed E-state index contributed by atoms with van der Waals surface area (Å²) in [5.41, 5.74) is 0.969. The molecule has 0 aromatic heterocycles. The van der Waals surface area contributed by atoms with Gasteiger partial charge in [0.2, 0.25) is 0 Å². The van der Waals surface area contributed by atoms with E-state index < -0.39 is 7.60 Å². The first-order valence-electron chi connectivity index (χ1n) is 5.85. The summed E-state index contributed by atoms with van der Waals surface area (Å²) in [6.45, 7) is 5.68. The Morgan fingerprint density at radius 3 is 2.35 bits per heavy atom. The third kappa shape index (κ3) is 2.54. The van der Waals surface area contributed by atoms with E-state index in [0.717, 1.165) is 5.57 Å². The van der Waals surface area contributed by atoms with Crippen LogP contribution in [0.1, 0.15) is 33.6 Å². The predicted octanol–water partition coefficient (Wildman–Crippen LogP) is 3.38. The summed E-state index contributed by atoms with van der Waals surface area (Å²) in [5.74, 6) is 0.0763. The Kier molecular flexibility index (Phi) is 4.70. The van der Waals surface area contributed by atoms with Gasteiger partial charge in [-0.1, -0.05) is 19.4 Å². The molecule has 1 rings (SSSR count). The van der Waals surface area contributed by atoms with Gasteiger partial charge in [0.25, 0.3) is 0 Å². The predicted molar refractivity (Wildman–Crippen MR) is 66.9 cm³/mol. The third-order valence-corrected chi connectivity index (χ3v) is 5.88. The van der Waals surface area contributed by atoms with Crippen LogP contribution in [-0.2, 0) is 18.4 Å². The first-order chi connectivity index (χ1) is 7.91. The van der Waals surface area contributed by atoms with Gasteiger partial charge >= 0.3 is 7.60 Å². The molecule has 0 bridgehead atoms. The Morgan fingerprint density at radius 1 is 1.41 bits per heavy atom. The van der Waals surface area contributed by atoms with Gasteiger partial charge in [0.1, 0.15) is 5.78 Å². The Morgan fingerprint density at radius 2 is 1.94 bits per heavy atom. The SMILES string of the molecule is CCC(=O)[C@@H]1CC(C)=C(P(=O)(OC)OC)[C@H]1C. The van der Waals surface area contributed by atoms with Crippen molar-refractivity contribution < 1.29 is 18.4 Å². The minimum Gasteiger partial charge on any atom is -0.309 e. The minimum atomic E-state index is -3.20. The second kappa shape index (κ2) is 5.47. The fraction of sp³-hybridized carbons (Fsp3) is 0.750. The first kappa shape index (κ1) is 14.6. The monoisotopic (exact) mass is 260 g/mol. The molecule has 0 N–H and O–H groups in total. The van der Waals surface area contributed by atoms with E-state index in [-0.39, 0.29) is 17.6 Å². The largest absolute Gasteiger partial charge is 0.357 e. The lowest BCUT2D eigenvalue weighted by atomic mass is 9.91. The van der Waals surface area contributed by atoms with Crippen molar-refractivity contribution in [2.75, 3.05) is 14.2 Å². The van der Waals surface area contributed by atoms with Crippen LogP contribution < -0.4 is 0 Å². The number of ketones is 1. The van der Waals surface area contributed by atoms with Crippen molar-refractivity contribution in [3.05, 3.63) is 10.9 Å². The van der Waals surface area contributed by atoms with Crippen molar-refractivity contribution in [2.45, 2.75) is 33.6 Å². The molecule has 98 valence electrons. The summed E-state index contributed by atoms with van der Waals surface area (Å²) in [6, 6.07) is 0. The molecule has 0 heterocycles. The van der Waals surface area contributed by atoms with Crippen LogP contribution in [0, 0.1) is 11.8 Å². The van der Waals surface area contributed by atoms with Crippen molar-refractivity contribution in [3.63, 3.8) is 0 Å². The van der Waals surface area contributed by atoms with Crippen LogP contribution in [-0.4, -0.2) is 20.0 Å². The van der Waals surface area contributed by atoms with Crippen LogP contribution in [0.5, 0.6) is 0 Å². The number of hydrogen-bond acceptors (Lipinski definition) is 4. The number of rotatable bonds is 5. The lowest BCUT2D eigenvalue weighted by Gasteiger charge is -2.22. The molecule has 0 aromatic carbocycles. The highest BCUT2D eigenvalue weighted by molar-refractivity contribution is 7.58. The van der Waals surface area contributed by atoms with Crippen molar-refractivity contribution in [3.8, 4) is 0 Å². The first-order valence-corrected chi connectivity index (χ1v) is 7.40. The van der Waals surface area contributed by atoms with E-state index in [9.17, 15) is 9.36 Å². The van der Waals surface area contributed by atoms with Crippen molar-refractivity contribution >= 4 is 13.4 Å². The van der Waals surface area contributed by atoms with Gasteiger partial charge in [-0.2, -0.15) is 0 Å². The lowest BCUT2D eigenvalue weighted by molar-refractivity contribution is -0.123. The normalized spacial score (nSPS) is 25.5. The zero-order valence-electron chi connectivity index (χ0n) is 11.1. The van der Waals surface area contributed by atoms with E-state index >= 15 is 0 Å². The third-order valence-electron chi connectivity index (χ3n) is 3.54. The molecule has 0 aromatic rings. The number of carbonyl (C=O) groups excluding carboxylic acids is 1. The fourth-order valence-corrected chi connectivity index (χ4v) is 4.38. The van der Waals surface area contributed by atoms with Crippen LogP contribution in [0.25, 0.3) is 0 Å². The van der Waals surface area contributed by atoms with Gasteiger partial charge < -0.3 is 9.05 Å².